The van der Waals surface area contributed by atoms with Gasteiger partial charge in [-0.15, -0.1) is 35.3 Å². The summed E-state index contributed by atoms with van der Waals surface area (Å²) in [7, 11) is 1.71. The van der Waals surface area contributed by atoms with Crippen molar-refractivity contribution in [3.8, 4) is 0 Å². The Labute approximate surface area is 194 Å². The van der Waals surface area contributed by atoms with Crippen LogP contribution in [0, 0.1) is 0 Å². The largest absolute Gasteiger partial charge is 0.411 e. The summed E-state index contributed by atoms with van der Waals surface area (Å²) in [6, 6.07) is 7.24. The second-order valence-electron chi connectivity index (χ2n) is 5.78. The Bertz CT molecular complexity index is 713. The standard InChI is InChI=1S/C18H23F3N4OS2.HI/c1-22-16(23-7-2-9-27-17-24-8-10-28-17)25-11-14-3-5-15(6-4-14)12-26-13-18(19,20)21;/h3-6,8,10H,2,7,9,11-13H2,1H3,(H2,22,23,25);1H. The van der Waals surface area contributed by atoms with Crippen LogP contribution in [-0.2, 0) is 17.9 Å². The molecule has 1 aromatic carbocycles. The summed E-state index contributed by atoms with van der Waals surface area (Å²) in [5.41, 5.74) is 1.70. The Morgan fingerprint density at radius 3 is 2.55 bits per heavy atom. The molecule has 2 rings (SSSR count). The van der Waals surface area contributed by atoms with Crippen LogP contribution in [0.5, 0.6) is 0 Å². The number of thioether (sulfide) groups is 1. The summed E-state index contributed by atoms with van der Waals surface area (Å²) < 4.78 is 42.0. The van der Waals surface area contributed by atoms with Crippen LogP contribution in [0.1, 0.15) is 17.5 Å². The lowest BCUT2D eigenvalue weighted by molar-refractivity contribution is -0.176. The average Bonchev–Trinajstić information content (AvgIpc) is 3.17. The minimum absolute atomic E-state index is 0. The molecule has 0 bridgehead atoms. The molecule has 0 saturated heterocycles. The van der Waals surface area contributed by atoms with Gasteiger partial charge in [-0.3, -0.25) is 4.99 Å². The predicted octanol–water partition coefficient (Wildman–Crippen LogP) is 4.69. The Balaban J connectivity index is 0.00000420. The summed E-state index contributed by atoms with van der Waals surface area (Å²) in [4.78, 5) is 8.41. The van der Waals surface area contributed by atoms with Gasteiger partial charge in [0, 0.05) is 37.5 Å². The van der Waals surface area contributed by atoms with Crippen LogP contribution in [0.15, 0.2) is 45.2 Å². The Morgan fingerprint density at radius 2 is 1.93 bits per heavy atom. The number of halogens is 4. The van der Waals surface area contributed by atoms with Gasteiger partial charge in [0.2, 0.25) is 0 Å². The van der Waals surface area contributed by atoms with Gasteiger partial charge in [-0.2, -0.15) is 13.2 Å². The predicted molar refractivity (Wildman–Crippen MR) is 123 cm³/mol. The van der Waals surface area contributed by atoms with E-state index in [0.29, 0.717) is 18.1 Å². The molecular weight excluding hydrogens is 536 g/mol. The third-order valence-electron chi connectivity index (χ3n) is 3.49. The minimum Gasteiger partial charge on any atom is -0.367 e. The van der Waals surface area contributed by atoms with E-state index < -0.39 is 12.8 Å². The zero-order valence-electron chi connectivity index (χ0n) is 15.9. The molecule has 0 aliphatic carbocycles. The van der Waals surface area contributed by atoms with E-state index >= 15 is 0 Å². The Kier molecular flexibility index (Phi) is 12.6. The van der Waals surface area contributed by atoms with Crippen LogP contribution in [0.4, 0.5) is 13.2 Å². The van der Waals surface area contributed by atoms with Gasteiger partial charge in [0.15, 0.2) is 5.96 Å². The number of hydrogen-bond donors (Lipinski definition) is 2. The second kappa shape index (κ2) is 14.0. The molecule has 0 atom stereocenters. The highest BCUT2D eigenvalue weighted by molar-refractivity contribution is 14.0. The maximum absolute atomic E-state index is 12.1. The number of ether oxygens (including phenoxy) is 1. The molecule has 0 radical (unpaired) electrons. The van der Waals surface area contributed by atoms with Crippen molar-refractivity contribution in [2.24, 2.45) is 4.99 Å². The van der Waals surface area contributed by atoms with Crippen molar-refractivity contribution in [2.75, 3.05) is 26.0 Å². The summed E-state index contributed by atoms with van der Waals surface area (Å²) in [5.74, 6) is 1.69. The number of nitrogens with zero attached hydrogens (tertiary/aromatic N) is 2. The van der Waals surface area contributed by atoms with Crippen molar-refractivity contribution in [3.05, 3.63) is 47.0 Å². The van der Waals surface area contributed by atoms with Crippen LogP contribution < -0.4 is 10.6 Å². The quantitative estimate of drug-likeness (QED) is 0.145. The average molecular weight is 560 g/mol. The van der Waals surface area contributed by atoms with Gasteiger partial charge in [0.05, 0.1) is 6.61 Å². The fourth-order valence-electron chi connectivity index (χ4n) is 2.16. The van der Waals surface area contributed by atoms with Gasteiger partial charge >= 0.3 is 6.18 Å². The van der Waals surface area contributed by atoms with Crippen molar-refractivity contribution in [3.63, 3.8) is 0 Å². The lowest BCUT2D eigenvalue weighted by Gasteiger charge is -2.12. The number of hydrogen-bond acceptors (Lipinski definition) is 5. The number of aliphatic imine (C=N–C) groups is 1. The van der Waals surface area contributed by atoms with E-state index in [1.54, 1.807) is 48.5 Å². The molecule has 0 spiro atoms. The molecule has 1 heterocycles. The van der Waals surface area contributed by atoms with Gasteiger partial charge in [-0.25, -0.2) is 4.98 Å². The third-order valence-corrected chi connectivity index (χ3v) is 5.54. The van der Waals surface area contributed by atoms with Crippen molar-refractivity contribution in [1.29, 1.82) is 0 Å². The molecule has 29 heavy (non-hydrogen) atoms. The zero-order chi connectivity index (χ0) is 20.2. The number of aromatic nitrogens is 1. The zero-order valence-corrected chi connectivity index (χ0v) is 19.8. The van der Waals surface area contributed by atoms with Gasteiger partial charge in [0.1, 0.15) is 10.9 Å². The maximum atomic E-state index is 12.1. The van der Waals surface area contributed by atoms with Crippen LogP contribution >= 0.6 is 47.1 Å². The minimum atomic E-state index is -4.30. The first-order chi connectivity index (χ1) is 13.5. The van der Waals surface area contributed by atoms with E-state index in [-0.39, 0.29) is 30.6 Å². The molecular formula is C18H24F3IN4OS2. The molecule has 0 amide bonds. The van der Waals surface area contributed by atoms with Crippen LogP contribution in [0.25, 0.3) is 0 Å². The maximum Gasteiger partial charge on any atom is 0.411 e. The topological polar surface area (TPSA) is 58.5 Å². The van der Waals surface area contributed by atoms with Gasteiger partial charge < -0.3 is 15.4 Å². The van der Waals surface area contributed by atoms with Crippen molar-refractivity contribution in [2.45, 2.75) is 30.1 Å². The van der Waals surface area contributed by atoms with E-state index in [2.05, 4.69) is 25.3 Å². The molecule has 2 aromatic rings. The third kappa shape index (κ3) is 11.6. The monoisotopic (exact) mass is 560 g/mol. The SMILES string of the molecule is CN=C(NCCCSc1nccs1)NCc1ccc(COCC(F)(F)F)cc1.I. The number of benzene rings is 1. The molecule has 1 aromatic heterocycles. The highest BCUT2D eigenvalue weighted by Crippen LogP contribution is 2.20. The number of thiazole rings is 1. The lowest BCUT2D eigenvalue weighted by Crippen LogP contribution is -2.37. The first-order valence-corrected chi connectivity index (χ1v) is 10.5. The van der Waals surface area contributed by atoms with Gasteiger partial charge in [0.25, 0.3) is 0 Å². The summed E-state index contributed by atoms with van der Waals surface area (Å²) in [6.45, 7) is 0.0703. The van der Waals surface area contributed by atoms with Gasteiger partial charge in [-0.1, -0.05) is 36.0 Å². The van der Waals surface area contributed by atoms with Crippen molar-refractivity contribution < 1.29 is 17.9 Å². The van der Waals surface area contributed by atoms with Crippen molar-refractivity contribution >= 4 is 53.0 Å². The number of nitrogens with one attached hydrogen (secondary N) is 2. The highest BCUT2D eigenvalue weighted by atomic mass is 127. The highest BCUT2D eigenvalue weighted by Gasteiger charge is 2.27. The van der Waals surface area contributed by atoms with E-state index in [4.69, 9.17) is 0 Å². The van der Waals surface area contributed by atoms with Crippen LogP contribution in [0.3, 0.4) is 0 Å². The molecule has 2 N–H and O–H groups in total. The van der Waals surface area contributed by atoms with Gasteiger partial charge in [-0.05, 0) is 17.5 Å². The fourth-order valence-corrected chi connectivity index (χ4v) is 3.81. The fraction of sp³-hybridized carbons (Fsp3) is 0.444. The van der Waals surface area contributed by atoms with Crippen LogP contribution in [-0.4, -0.2) is 43.1 Å². The first-order valence-electron chi connectivity index (χ1n) is 8.65. The molecule has 0 aliphatic heterocycles. The number of rotatable bonds is 10. The normalized spacial score (nSPS) is 11.8. The van der Waals surface area contributed by atoms with E-state index in [1.165, 1.54) is 0 Å². The molecule has 0 saturated carbocycles. The lowest BCUT2D eigenvalue weighted by atomic mass is 10.1. The summed E-state index contributed by atoms with van der Waals surface area (Å²) in [6.07, 6.45) is -1.51. The molecule has 5 nitrogen and oxygen atoms in total. The molecule has 0 unspecified atom stereocenters. The second-order valence-corrected chi connectivity index (χ2v) is 8.01. The molecule has 11 heteroatoms. The smallest absolute Gasteiger partial charge is 0.367 e. The van der Waals surface area contributed by atoms with E-state index in [1.807, 2.05) is 17.5 Å². The molecule has 0 fully saturated rings. The Hall–Kier alpha value is -1.05. The molecule has 162 valence electrons. The van der Waals surface area contributed by atoms with E-state index in [0.717, 1.165) is 28.6 Å². The van der Waals surface area contributed by atoms with Crippen LogP contribution in [0.2, 0.25) is 0 Å². The van der Waals surface area contributed by atoms with E-state index in [9.17, 15) is 13.2 Å². The summed E-state index contributed by atoms with van der Waals surface area (Å²) >= 11 is 3.38. The first kappa shape index (κ1) is 26.0. The Morgan fingerprint density at radius 1 is 1.21 bits per heavy atom. The summed E-state index contributed by atoms with van der Waals surface area (Å²) in [5, 5.41) is 8.44. The number of guanidine groups is 1. The number of alkyl halides is 3. The molecule has 0 aliphatic rings. The van der Waals surface area contributed by atoms with Crippen molar-refractivity contribution in [1.82, 2.24) is 15.6 Å².